The number of hydrogen-bond donors (Lipinski definition) is 1. The molecular formula is C16H22Cl2FN3O. The van der Waals surface area contributed by atoms with Gasteiger partial charge in [-0.05, 0) is 44.5 Å². The van der Waals surface area contributed by atoms with Gasteiger partial charge in [-0.1, -0.05) is 0 Å². The number of nitrogens with one attached hydrogen (secondary N) is 1. The Morgan fingerprint density at radius 3 is 2.83 bits per heavy atom. The summed E-state index contributed by atoms with van der Waals surface area (Å²) in [5, 5.41) is 3.43. The first-order valence-corrected chi connectivity index (χ1v) is 7.29. The van der Waals surface area contributed by atoms with Crippen molar-refractivity contribution in [3.63, 3.8) is 0 Å². The van der Waals surface area contributed by atoms with Crippen molar-refractivity contribution < 1.29 is 9.13 Å². The molecule has 0 spiro atoms. The lowest BCUT2D eigenvalue weighted by atomic mass is 10.00. The largest absolute Gasteiger partial charge is 0.497 e. The van der Waals surface area contributed by atoms with E-state index in [4.69, 9.17) is 4.74 Å². The van der Waals surface area contributed by atoms with Crippen LogP contribution in [0.1, 0.15) is 25.8 Å². The number of nitrogens with zero attached hydrogens (tertiary/aromatic N) is 2. The average molecular weight is 362 g/mol. The van der Waals surface area contributed by atoms with Crippen molar-refractivity contribution in [3.8, 4) is 17.1 Å². The Hall–Kier alpha value is -1.30. The van der Waals surface area contributed by atoms with Gasteiger partial charge in [0.2, 0.25) is 0 Å². The van der Waals surface area contributed by atoms with Crippen LogP contribution in [0.5, 0.6) is 5.75 Å². The highest BCUT2D eigenvalue weighted by Crippen LogP contribution is 2.31. The summed E-state index contributed by atoms with van der Waals surface area (Å²) in [5.74, 6) is 1.04. The van der Waals surface area contributed by atoms with Gasteiger partial charge in [0.05, 0.1) is 12.7 Å². The van der Waals surface area contributed by atoms with E-state index in [1.165, 1.54) is 6.07 Å². The van der Waals surface area contributed by atoms with E-state index in [0.717, 1.165) is 19.4 Å². The standard InChI is InChI=1S/C16H20FN3O.2ClH/c1-11-9-12(5-6-18-11)20-8-7-19-16(20)14-10-13(21-2)3-4-15(14)17;;/h3-4,7-8,10-12,18H,5-6,9H2,1-2H3;2*1H/t11-,12-;;/m1../s1. The Kier molecular flexibility index (Phi) is 7.32. The van der Waals surface area contributed by atoms with Crippen molar-refractivity contribution in [2.45, 2.75) is 31.8 Å². The molecule has 1 aliphatic rings. The molecule has 1 fully saturated rings. The molecule has 0 bridgehead atoms. The van der Waals surface area contributed by atoms with Gasteiger partial charge in [0.25, 0.3) is 0 Å². The van der Waals surface area contributed by atoms with Crippen LogP contribution >= 0.6 is 24.8 Å². The normalized spacial score (nSPS) is 20.3. The van der Waals surface area contributed by atoms with Crippen LogP contribution in [0.2, 0.25) is 0 Å². The molecule has 0 amide bonds. The molecule has 7 heteroatoms. The second-order valence-corrected chi connectivity index (χ2v) is 5.54. The van der Waals surface area contributed by atoms with Crippen LogP contribution in [0.25, 0.3) is 11.4 Å². The van der Waals surface area contributed by atoms with Gasteiger partial charge in [-0.15, -0.1) is 24.8 Å². The zero-order valence-electron chi connectivity index (χ0n) is 13.2. The summed E-state index contributed by atoms with van der Waals surface area (Å²) in [6, 6.07) is 5.58. The summed E-state index contributed by atoms with van der Waals surface area (Å²) < 4.78 is 21.5. The summed E-state index contributed by atoms with van der Waals surface area (Å²) in [7, 11) is 1.58. The number of benzene rings is 1. The molecule has 0 aliphatic carbocycles. The van der Waals surface area contributed by atoms with Crippen LogP contribution in [0.4, 0.5) is 4.39 Å². The van der Waals surface area contributed by atoms with Crippen molar-refractivity contribution in [1.82, 2.24) is 14.9 Å². The fraction of sp³-hybridized carbons (Fsp3) is 0.438. The Morgan fingerprint density at radius 2 is 2.13 bits per heavy atom. The van der Waals surface area contributed by atoms with Crippen LogP contribution < -0.4 is 10.1 Å². The molecule has 2 aromatic rings. The van der Waals surface area contributed by atoms with E-state index in [-0.39, 0.29) is 30.6 Å². The maximum atomic E-state index is 14.2. The van der Waals surface area contributed by atoms with Gasteiger partial charge in [0.1, 0.15) is 17.4 Å². The van der Waals surface area contributed by atoms with Crippen molar-refractivity contribution in [2.75, 3.05) is 13.7 Å². The number of imidazole rings is 1. The van der Waals surface area contributed by atoms with Crippen LogP contribution in [-0.2, 0) is 0 Å². The summed E-state index contributed by atoms with van der Waals surface area (Å²) in [4.78, 5) is 4.37. The molecule has 23 heavy (non-hydrogen) atoms. The van der Waals surface area contributed by atoms with Gasteiger partial charge in [0, 0.05) is 24.5 Å². The van der Waals surface area contributed by atoms with E-state index in [1.54, 1.807) is 25.4 Å². The third-order valence-electron chi connectivity index (χ3n) is 4.07. The smallest absolute Gasteiger partial charge is 0.143 e. The van der Waals surface area contributed by atoms with Gasteiger partial charge in [-0.25, -0.2) is 9.37 Å². The molecular weight excluding hydrogens is 340 g/mol. The molecule has 0 saturated carbocycles. The SMILES string of the molecule is COc1ccc(F)c(-c2nccn2[C@@H]2CCN[C@H](C)C2)c1.Cl.Cl. The second-order valence-electron chi connectivity index (χ2n) is 5.54. The number of rotatable bonds is 3. The summed E-state index contributed by atoms with van der Waals surface area (Å²) >= 11 is 0. The number of hydrogen-bond acceptors (Lipinski definition) is 3. The molecule has 2 atom stereocenters. The van der Waals surface area contributed by atoms with Crippen LogP contribution in [-0.4, -0.2) is 29.2 Å². The highest BCUT2D eigenvalue weighted by atomic mass is 35.5. The second kappa shape index (κ2) is 8.52. The summed E-state index contributed by atoms with van der Waals surface area (Å²) in [6.45, 7) is 3.15. The van der Waals surface area contributed by atoms with E-state index in [2.05, 4.69) is 21.8 Å². The Morgan fingerprint density at radius 1 is 1.35 bits per heavy atom. The molecule has 0 unspecified atom stereocenters. The molecule has 0 radical (unpaired) electrons. The maximum Gasteiger partial charge on any atom is 0.143 e. The van der Waals surface area contributed by atoms with Gasteiger partial charge < -0.3 is 14.6 Å². The topological polar surface area (TPSA) is 39.1 Å². The number of halogens is 3. The average Bonchev–Trinajstić information content (AvgIpc) is 2.97. The van der Waals surface area contributed by atoms with Gasteiger partial charge in [-0.2, -0.15) is 0 Å². The van der Waals surface area contributed by atoms with Crippen LogP contribution in [0, 0.1) is 5.82 Å². The minimum atomic E-state index is -0.273. The van der Waals surface area contributed by atoms with Crippen molar-refractivity contribution in [1.29, 1.82) is 0 Å². The highest BCUT2D eigenvalue weighted by molar-refractivity contribution is 5.85. The van der Waals surface area contributed by atoms with Crippen molar-refractivity contribution >= 4 is 24.8 Å². The molecule has 3 rings (SSSR count). The lowest BCUT2D eigenvalue weighted by Crippen LogP contribution is -2.36. The van der Waals surface area contributed by atoms with Crippen molar-refractivity contribution in [3.05, 3.63) is 36.4 Å². The third-order valence-corrected chi connectivity index (χ3v) is 4.07. The van der Waals surface area contributed by atoms with E-state index in [1.807, 2.05) is 6.20 Å². The zero-order chi connectivity index (χ0) is 14.8. The van der Waals surface area contributed by atoms with Gasteiger partial charge in [-0.3, -0.25) is 0 Å². The highest BCUT2D eigenvalue weighted by Gasteiger charge is 2.23. The molecule has 1 aromatic heterocycles. The maximum absolute atomic E-state index is 14.2. The molecule has 128 valence electrons. The van der Waals surface area contributed by atoms with Crippen molar-refractivity contribution in [2.24, 2.45) is 0 Å². The number of ether oxygens (including phenoxy) is 1. The Labute approximate surface area is 148 Å². The Balaban J connectivity index is 0.00000132. The Bertz CT molecular complexity index is 636. The van der Waals surface area contributed by atoms with Crippen LogP contribution in [0.15, 0.2) is 30.6 Å². The minimum Gasteiger partial charge on any atom is -0.497 e. The number of piperidine rings is 1. The van der Waals surface area contributed by atoms with E-state index < -0.39 is 0 Å². The lowest BCUT2D eigenvalue weighted by molar-refractivity contribution is 0.315. The third kappa shape index (κ3) is 4.16. The van der Waals surface area contributed by atoms with Gasteiger partial charge >= 0.3 is 0 Å². The molecule has 2 heterocycles. The predicted octanol–water partition coefficient (Wildman–Crippen LogP) is 3.85. The van der Waals surface area contributed by atoms with E-state index in [0.29, 0.717) is 29.2 Å². The lowest BCUT2D eigenvalue weighted by Gasteiger charge is -2.30. The number of methoxy groups -OCH3 is 1. The molecule has 1 aromatic carbocycles. The summed E-state index contributed by atoms with van der Waals surface area (Å²) in [5.41, 5.74) is 0.491. The quantitative estimate of drug-likeness (QED) is 0.902. The van der Waals surface area contributed by atoms with Gasteiger partial charge in [0.15, 0.2) is 0 Å². The fourth-order valence-corrected chi connectivity index (χ4v) is 2.98. The first-order valence-electron chi connectivity index (χ1n) is 7.29. The molecule has 1 aliphatic heterocycles. The van der Waals surface area contributed by atoms with E-state index in [9.17, 15) is 4.39 Å². The monoisotopic (exact) mass is 361 g/mol. The first kappa shape index (κ1) is 19.7. The first-order chi connectivity index (χ1) is 10.2. The zero-order valence-corrected chi connectivity index (χ0v) is 14.8. The summed E-state index contributed by atoms with van der Waals surface area (Å²) in [6.07, 6.45) is 5.73. The minimum absolute atomic E-state index is 0. The molecule has 1 N–H and O–H groups in total. The predicted molar refractivity (Wildman–Crippen MR) is 94.4 cm³/mol. The van der Waals surface area contributed by atoms with E-state index >= 15 is 0 Å². The fourth-order valence-electron chi connectivity index (χ4n) is 2.98. The molecule has 4 nitrogen and oxygen atoms in total. The number of aromatic nitrogens is 2. The molecule has 1 saturated heterocycles. The van der Waals surface area contributed by atoms with Crippen LogP contribution in [0.3, 0.4) is 0 Å².